The lowest BCUT2D eigenvalue weighted by molar-refractivity contribution is 0.445. The zero-order chi connectivity index (χ0) is 15.5. The largest absolute Gasteiger partial charge is 0.467 e. The van der Waals surface area contributed by atoms with Gasteiger partial charge in [0, 0.05) is 6.54 Å². The molecule has 2 heterocycles. The van der Waals surface area contributed by atoms with Crippen LogP contribution in [0, 0.1) is 0 Å². The zero-order valence-corrected chi connectivity index (χ0v) is 13.3. The van der Waals surface area contributed by atoms with E-state index in [9.17, 15) is 0 Å². The second kappa shape index (κ2) is 6.36. The van der Waals surface area contributed by atoms with Gasteiger partial charge in [-0.05, 0) is 29.8 Å². The number of hydrogen-bond acceptors (Lipinski definition) is 4. The maximum Gasteiger partial charge on any atom is 0.125 e. The second-order valence-electron chi connectivity index (χ2n) is 5.32. The fraction of sp³-hybridized carbons (Fsp3) is 0.105. The number of furan rings is 1. The van der Waals surface area contributed by atoms with Gasteiger partial charge in [0.05, 0.1) is 22.5 Å². The molecule has 0 saturated heterocycles. The molecule has 0 aliphatic rings. The summed E-state index contributed by atoms with van der Waals surface area (Å²) in [5, 5.41) is 4.65. The predicted octanol–water partition coefficient (Wildman–Crippen LogP) is 4.77. The van der Waals surface area contributed by atoms with E-state index in [-0.39, 0.29) is 6.04 Å². The third-order valence-corrected chi connectivity index (χ3v) is 4.79. The number of hydrogen-bond donors (Lipinski definition) is 1. The van der Waals surface area contributed by atoms with Crippen molar-refractivity contribution in [1.82, 2.24) is 10.3 Å². The van der Waals surface area contributed by atoms with Crippen molar-refractivity contribution >= 4 is 21.6 Å². The van der Waals surface area contributed by atoms with Crippen molar-refractivity contribution in [1.29, 1.82) is 0 Å². The molecule has 23 heavy (non-hydrogen) atoms. The van der Waals surface area contributed by atoms with Crippen molar-refractivity contribution in [3.8, 4) is 0 Å². The van der Waals surface area contributed by atoms with Crippen molar-refractivity contribution in [3.05, 3.63) is 89.3 Å². The monoisotopic (exact) mass is 320 g/mol. The van der Waals surface area contributed by atoms with E-state index in [0.717, 1.165) is 16.3 Å². The predicted molar refractivity (Wildman–Crippen MR) is 93.5 cm³/mol. The van der Waals surface area contributed by atoms with Gasteiger partial charge < -0.3 is 4.42 Å². The molecule has 2 aromatic carbocycles. The summed E-state index contributed by atoms with van der Waals surface area (Å²) >= 11 is 1.73. The topological polar surface area (TPSA) is 38.1 Å². The van der Waals surface area contributed by atoms with Crippen LogP contribution in [0.4, 0.5) is 0 Å². The first-order valence-corrected chi connectivity index (χ1v) is 8.38. The maximum atomic E-state index is 5.62. The highest BCUT2D eigenvalue weighted by atomic mass is 32.1. The molecule has 0 amide bonds. The summed E-state index contributed by atoms with van der Waals surface area (Å²) in [4.78, 5) is 4.69. The molecule has 4 rings (SSSR count). The highest BCUT2D eigenvalue weighted by Gasteiger charge is 2.16. The van der Waals surface area contributed by atoms with E-state index in [2.05, 4.69) is 34.6 Å². The van der Waals surface area contributed by atoms with Crippen molar-refractivity contribution < 1.29 is 4.42 Å². The van der Waals surface area contributed by atoms with Gasteiger partial charge in [-0.15, -0.1) is 11.3 Å². The van der Waals surface area contributed by atoms with Crippen LogP contribution in [0.3, 0.4) is 0 Å². The molecule has 4 heteroatoms. The van der Waals surface area contributed by atoms with Gasteiger partial charge in [-0.1, -0.05) is 42.5 Å². The molecule has 1 N–H and O–H groups in total. The highest BCUT2D eigenvalue weighted by molar-refractivity contribution is 7.18. The van der Waals surface area contributed by atoms with Crippen LogP contribution in [0.5, 0.6) is 0 Å². The van der Waals surface area contributed by atoms with E-state index in [1.165, 1.54) is 10.3 Å². The Bertz CT molecular complexity index is 851. The first-order chi connectivity index (χ1) is 11.4. The third kappa shape index (κ3) is 3.04. The van der Waals surface area contributed by atoms with Crippen LogP contribution in [-0.2, 0) is 6.54 Å². The molecule has 2 aromatic heterocycles. The molecule has 0 radical (unpaired) electrons. The van der Waals surface area contributed by atoms with Crippen molar-refractivity contribution in [2.45, 2.75) is 12.6 Å². The lowest BCUT2D eigenvalue weighted by Crippen LogP contribution is -2.21. The van der Waals surface area contributed by atoms with Crippen LogP contribution in [0.15, 0.2) is 77.4 Å². The molecule has 0 spiro atoms. The molecule has 0 saturated carbocycles. The Labute approximate surface area is 138 Å². The van der Waals surface area contributed by atoms with Gasteiger partial charge in [-0.2, -0.15) is 0 Å². The zero-order valence-electron chi connectivity index (χ0n) is 12.5. The van der Waals surface area contributed by atoms with Crippen LogP contribution in [0.25, 0.3) is 10.2 Å². The summed E-state index contributed by atoms with van der Waals surface area (Å²) in [6.07, 6.45) is 1.71. The van der Waals surface area contributed by atoms with Crippen LogP contribution in [0.2, 0.25) is 0 Å². The Hall–Kier alpha value is -2.43. The molecular formula is C19H16N2OS. The van der Waals surface area contributed by atoms with E-state index in [1.54, 1.807) is 17.6 Å². The molecule has 0 aliphatic heterocycles. The number of thiazole rings is 1. The normalized spacial score (nSPS) is 12.5. The molecule has 4 aromatic rings. The van der Waals surface area contributed by atoms with Gasteiger partial charge in [-0.3, -0.25) is 5.32 Å². The maximum absolute atomic E-state index is 5.62. The molecule has 0 aliphatic carbocycles. The lowest BCUT2D eigenvalue weighted by atomic mass is 10.0. The second-order valence-corrected chi connectivity index (χ2v) is 6.43. The third-order valence-electron chi connectivity index (χ3n) is 3.76. The first-order valence-electron chi connectivity index (χ1n) is 7.56. The minimum absolute atomic E-state index is 0.0261. The Balaban J connectivity index is 1.58. The quantitative estimate of drug-likeness (QED) is 0.575. The minimum atomic E-state index is 0.0261. The van der Waals surface area contributed by atoms with Crippen LogP contribution >= 0.6 is 11.3 Å². The minimum Gasteiger partial charge on any atom is -0.467 e. The number of nitrogens with zero attached hydrogens (tertiary/aromatic N) is 1. The summed E-state index contributed by atoms with van der Waals surface area (Å²) in [5.41, 5.74) is 2.24. The molecule has 0 unspecified atom stereocenters. The number of rotatable bonds is 5. The Morgan fingerprint density at radius 1 is 0.957 bits per heavy atom. The Morgan fingerprint density at radius 3 is 2.57 bits per heavy atom. The van der Waals surface area contributed by atoms with Gasteiger partial charge in [-0.25, -0.2) is 4.98 Å². The van der Waals surface area contributed by atoms with Gasteiger partial charge in [0.25, 0.3) is 0 Å². The average Bonchev–Trinajstić information content (AvgIpc) is 3.25. The number of para-hydroxylation sites is 1. The molecule has 1 atom stereocenters. The van der Waals surface area contributed by atoms with Gasteiger partial charge >= 0.3 is 0 Å². The summed E-state index contributed by atoms with van der Waals surface area (Å²) in [7, 11) is 0. The number of nitrogens with one attached hydrogen (secondary N) is 1. The molecule has 114 valence electrons. The highest BCUT2D eigenvalue weighted by Crippen LogP contribution is 2.25. The number of aromatic nitrogens is 1. The van der Waals surface area contributed by atoms with E-state index < -0.39 is 0 Å². The molecule has 0 bridgehead atoms. The number of fused-ring (bicyclic) bond motifs is 1. The van der Waals surface area contributed by atoms with E-state index >= 15 is 0 Å². The summed E-state index contributed by atoms with van der Waals surface area (Å²) in [6.45, 7) is 0.708. The van der Waals surface area contributed by atoms with Crippen LogP contribution in [-0.4, -0.2) is 4.98 Å². The van der Waals surface area contributed by atoms with Gasteiger partial charge in [0.2, 0.25) is 0 Å². The van der Waals surface area contributed by atoms with E-state index in [1.807, 2.05) is 42.5 Å². The Kier molecular flexibility index (Phi) is 3.92. The van der Waals surface area contributed by atoms with E-state index in [4.69, 9.17) is 4.42 Å². The lowest BCUT2D eigenvalue weighted by Gasteiger charge is -2.16. The van der Waals surface area contributed by atoms with Crippen molar-refractivity contribution in [2.75, 3.05) is 0 Å². The fourth-order valence-corrected chi connectivity index (χ4v) is 3.59. The van der Waals surface area contributed by atoms with Crippen molar-refractivity contribution in [2.24, 2.45) is 0 Å². The SMILES string of the molecule is c1ccc([C@@H](NCc2nc3ccccc3s2)c2ccco2)cc1. The van der Waals surface area contributed by atoms with Crippen LogP contribution in [0.1, 0.15) is 22.4 Å². The average molecular weight is 320 g/mol. The molecular weight excluding hydrogens is 304 g/mol. The molecule has 3 nitrogen and oxygen atoms in total. The standard InChI is InChI=1S/C19H16N2OS/c1-2-7-14(8-3-1)19(16-10-6-12-22-16)20-13-18-21-15-9-4-5-11-17(15)23-18/h1-12,19-20H,13H2/t19-/m1/s1. The Morgan fingerprint density at radius 2 is 1.78 bits per heavy atom. The fourth-order valence-electron chi connectivity index (χ4n) is 2.67. The number of benzene rings is 2. The van der Waals surface area contributed by atoms with Gasteiger partial charge in [0.15, 0.2) is 0 Å². The van der Waals surface area contributed by atoms with Crippen LogP contribution < -0.4 is 5.32 Å². The summed E-state index contributed by atoms with van der Waals surface area (Å²) in [6, 6.07) is 22.5. The first kappa shape index (κ1) is 14.2. The molecule has 0 fully saturated rings. The van der Waals surface area contributed by atoms with Gasteiger partial charge in [0.1, 0.15) is 10.8 Å². The smallest absolute Gasteiger partial charge is 0.125 e. The van der Waals surface area contributed by atoms with Crippen molar-refractivity contribution in [3.63, 3.8) is 0 Å². The van der Waals surface area contributed by atoms with E-state index in [0.29, 0.717) is 6.54 Å². The summed E-state index contributed by atoms with van der Waals surface area (Å²) < 4.78 is 6.84. The summed E-state index contributed by atoms with van der Waals surface area (Å²) in [5.74, 6) is 0.914.